The fraction of sp³-hybridized carbons (Fsp3) is 0.417. The molecule has 0 radical (unpaired) electrons. The van der Waals surface area contributed by atoms with Crippen molar-refractivity contribution >= 4 is 27.5 Å². The normalized spacial score (nSPS) is 22.6. The van der Waals surface area contributed by atoms with Crippen molar-refractivity contribution in [3.63, 3.8) is 0 Å². The largest absolute Gasteiger partial charge is 0.273 e. The number of amides is 1. The summed E-state index contributed by atoms with van der Waals surface area (Å²) in [5.74, 6) is 0.179. The van der Waals surface area contributed by atoms with Crippen LogP contribution in [-0.4, -0.2) is 11.4 Å². The minimum atomic E-state index is 0.0689. The van der Waals surface area contributed by atoms with Crippen LogP contribution in [0.5, 0.6) is 0 Å². The molecule has 1 spiro atoms. The number of nitrogens with zero attached hydrogens (tertiary/aromatic N) is 1. The lowest BCUT2D eigenvalue weighted by Crippen LogP contribution is -2.50. The number of hydrogen-bond acceptors (Lipinski definition) is 2. The minimum absolute atomic E-state index is 0.0689. The van der Waals surface area contributed by atoms with E-state index in [9.17, 15) is 4.79 Å². The average Bonchev–Trinajstić information content (AvgIpc) is 2.56. The highest BCUT2D eigenvalue weighted by molar-refractivity contribution is 9.10. The molecule has 0 bridgehead atoms. The Morgan fingerprint density at radius 1 is 1.38 bits per heavy atom. The summed E-state index contributed by atoms with van der Waals surface area (Å²) < 4.78 is 0.995. The molecule has 1 aromatic rings. The maximum Gasteiger partial charge on any atom is 0.243 e. The van der Waals surface area contributed by atoms with Crippen LogP contribution in [0.1, 0.15) is 25.7 Å². The molecule has 3 rings (SSSR count). The molecule has 1 heterocycles. The molecule has 1 aliphatic carbocycles. The van der Waals surface area contributed by atoms with E-state index < -0.39 is 0 Å². The molecule has 0 atom stereocenters. The summed E-state index contributed by atoms with van der Waals surface area (Å²) in [6, 6.07) is 7.82. The van der Waals surface area contributed by atoms with Crippen LogP contribution in [0.2, 0.25) is 0 Å². The molecular weight excluding hydrogens is 268 g/mol. The van der Waals surface area contributed by atoms with Gasteiger partial charge in [0, 0.05) is 16.4 Å². The van der Waals surface area contributed by atoms with Crippen molar-refractivity contribution in [2.75, 3.05) is 5.01 Å². The summed E-state index contributed by atoms with van der Waals surface area (Å²) in [7, 11) is 0. The van der Waals surface area contributed by atoms with Gasteiger partial charge in [0.2, 0.25) is 5.91 Å². The van der Waals surface area contributed by atoms with E-state index in [4.69, 9.17) is 0 Å². The van der Waals surface area contributed by atoms with E-state index in [-0.39, 0.29) is 11.4 Å². The zero-order chi connectivity index (χ0) is 11.2. The van der Waals surface area contributed by atoms with Crippen molar-refractivity contribution in [1.82, 2.24) is 5.43 Å². The Balaban J connectivity index is 1.88. The molecule has 1 saturated carbocycles. The zero-order valence-electron chi connectivity index (χ0n) is 8.87. The summed E-state index contributed by atoms with van der Waals surface area (Å²) in [6.45, 7) is 0. The number of anilines is 1. The first-order valence-corrected chi connectivity index (χ1v) is 6.34. The lowest BCUT2D eigenvalue weighted by Gasteiger charge is -2.37. The van der Waals surface area contributed by atoms with Gasteiger partial charge < -0.3 is 0 Å². The van der Waals surface area contributed by atoms with Crippen molar-refractivity contribution in [1.29, 1.82) is 0 Å². The molecule has 2 fully saturated rings. The Kier molecular flexibility index (Phi) is 2.30. The van der Waals surface area contributed by atoms with Crippen LogP contribution in [-0.2, 0) is 4.79 Å². The third kappa shape index (κ3) is 1.57. The average molecular weight is 281 g/mol. The fourth-order valence-electron chi connectivity index (χ4n) is 2.42. The summed E-state index contributed by atoms with van der Waals surface area (Å²) >= 11 is 3.42. The quantitative estimate of drug-likeness (QED) is 0.858. The highest BCUT2D eigenvalue weighted by Gasteiger charge is 2.47. The topological polar surface area (TPSA) is 32.3 Å². The zero-order valence-corrected chi connectivity index (χ0v) is 10.5. The molecule has 1 aromatic carbocycles. The van der Waals surface area contributed by atoms with E-state index >= 15 is 0 Å². The van der Waals surface area contributed by atoms with E-state index in [1.807, 2.05) is 24.3 Å². The second kappa shape index (κ2) is 3.57. The van der Waals surface area contributed by atoms with Crippen molar-refractivity contribution in [3.8, 4) is 0 Å². The molecule has 1 N–H and O–H groups in total. The first-order chi connectivity index (χ1) is 7.69. The van der Waals surface area contributed by atoms with Crippen LogP contribution in [0.15, 0.2) is 28.7 Å². The van der Waals surface area contributed by atoms with Gasteiger partial charge in [-0.2, -0.15) is 0 Å². The molecular formula is C12H13BrN2O. The second-order valence-corrected chi connectivity index (χ2v) is 5.55. The summed E-state index contributed by atoms with van der Waals surface area (Å²) in [5.41, 5.74) is 4.35. The van der Waals surface area contributed by atoms with Crippen molar-refractivity contribution < 1.29 is 4.79 Å². The van der Waals surface area contributed by atoms with Gasteiger partial charge in [-0.15, -0.1) is 0 Å². The minimum Gasteiger partial charge on any atom is -0.273 e. The fourth-order valence-corrected chi connectivity index (χ4v) is 2.81. The van der Waals surface area contributed by atoms with Gasteiger partial charge in [0.15, 0.2) is 0 Å². The second-order valence-electron chi connectivity index (χ2n) is 4.63. The van der Waals surface area contributed by atoms with Gasteiger partial charge in [-0.3, -0.25) is 4.79 Å². The number of hydrazine groups is 1. The number of hydrogen-bond donors (Lipinski definition) is 1. The predicted molar refractivity (Wildman–Crippen MR) is 66.0 cm³/mol. The molecule has 1 saturated heterocycles. The Hall–Kier alpha value is -0.870. The number of halogens is 1. The highest BCUT2D eigenvalue weighted by Crippen LogP contribution is 2.40. The van der Waals surface area contributed by atoms with E-state index in [1.165, 1.54) is 6.42 Å². The maximum atomic E-state index is 11.9. The lowest BCUT2D eigenvalue weighted by atomic mass is 9.76. The van der Waals surface area contributed by atoms with Gasteiger partial charge in [-0.05, 0) is 37.5 Å². The van der Waals surface area contributed by atoms with Crippen LogP contribution in [0.25, 0.3) is 0 Å². The number of benzene rings is 1. The summed E-state index contributed by atoms with van der Waals surface area (Å²) in [5, 5.41) is 1.70. The molecule has 1 amide bonds. The molecule has 1 aliphatic heterocycles. The maximum absolute atomic E-state index is 11.9. The molecule has 0 unspecified atom stereocenters. The smallest absolute Gasteiger partial charge is 0.243 e. The third-order valence-corrected chi connectivity index (χ3v) is 3.96. The van der Waals surface area contributed by atoms with E-state index in [1.54, 1.807) is 5.01 Å². The van der Waals surface area contributed by atoms with E-state index in [2.05, 4.69) is 21.4 Å². The number of carbonyl (C=O) groups excluding carboxylic acids is 1. The highest BCUT2D eigenvalue weighted by atomic mass is 79.9. The molecule has 0 aromatic heterocycles. The van der Waals surface area contributed by atoms with Crippen molar-refractivity contribution in [3.05, 3.63) is 28.7 Å². The van der Waals surface area contributed by atoms with E-state index in [0.29, 0.717) is 6.42 Å². The van der Waals surface area contributed by atoms with Gasteiger partial charge in [0.25, 0.3) is 0 Å². The number of carbonyl (C=O) groups is 1. The first kappa shape index (κ1) is 10.3. The molecule has 3 nitrogen and oxygen atoms in total. The van der Waals surface area contributed by atoms with Gasteiger partial charge in [-0.25, -0.2) is 10.4 Å². The van der Waals surface area contributed by atoms with Gasteiger partial charge in [0.1, 0.15) is 0 Å². The number of rotatable bonds is 1. The van der Waals surface area contributed by atoms with Gasteiger partial charge in [-0.1, -0.05) is 22.0 Å². The van der Waals surface area contributed by atoms with Crippen LogP contribution in [0, 0.1) is 0 Å². The van der Waals surface area contributed by atoms with Gasteiger partial charge >= 0.3 is 0 Å². The Morgan fingerprint density at radius 3 is 2.75 bits per heavy atom. The van der Waals surface area contributed by atoms with Crippen LogP contribution in [0.3, 0.4) is 0 Å². The summed E-state index contributed by atoms with van der Waals surface area (Å²) in [4.78, 5) is 11.9. The standard InChI is InChI=1S/C12H13BrN2O/c13-9-3-1-4-10(7-9)15-11(16)8-12(14-15)5-2-6-12/h1,3-4,7,14H,2,5-6,8H2. The third-order valence-electron chi connectivity index (χ3n) is 3.47. The Labute approximate surface area is 103 Å². The van der Waals surface area contributed by atoms with Crippen molar-refractivity contribution in [2.24, 2.45) is 0 Å². The molecule has 16 heavy (non-hydrogen) atoms. The number of nitrogens with one attached hydrogen (secondary N) is 1. The van der Waals surface area contributed by atoms with Crippen molar-refractivity contribution in [2.45, 2.75) is 31.2 Å². The molecule has 4 heteroatoms. The SMILES string of the molecule is O=C1CC2(CCC2)NN1c1cccc(Br)c1. The predicted octanol–water partition coefficient (Wildman–Crippen LogP) is 2.61. The molecule has 2 aliphatic rings. The van der Waals surface area contributed by atoms with E-state index in [0.717, 1.165) is 23.0 Å². The first-order valence-electron chi connectivity index (χ1n) is 5.55. The Morgan fingerprint density at radius 2 is 2.19 bits per heavy atom. The van der Waals surface area contributed by atoms with Crippen LogP contribution >= 0.6 is 15.9 Å². The van der Waals surface area contributed by atoms with Crippen LogP contribution < -0.4 is 10.4 Å². The summed E-state index contributed by atoms with van der Waals surface area (Å²) in [6.07, 6.45) is 4.10. The monoisotopic (exact) mass is 280 g/mol. The van der Waals surface area contributed by atoms with Gasteiger partial charge in [0.05, 0.1) is 5.69 Å². The lowest BCUT2D eigenvalue weighted by molar-refractivity contribution is -0.117. The van der Waals surface area contributed by atoms with Crippen LogP contribution in [0.4, 0.5) is 5.69 Å². The Bertz CT molecular complexity index is 442. The molecule has 84 valence electrons.